The van der Waals surface area contributed by atoms with E-state index in [4.69, 9.17) is 5.11 Å². The van der Waals surface area contributed by atoms with Gasteiger partial charge in [0.1, 0.15) is 0 Å². The summed E-state index contributed by atoms with van der Waals surface area (Å²) in [6.45, 7) is 5.68. The molecule has 0 bridgehead atoms. The number of hydrogen-bond acceptors (Lipinski definition) is 1. The van der Waals surface area contributed by atoms with Crippen molar-refractivity contribution in [3.8, 4) is 0 Å². The van der Waals surface area contributed by atoms with E-state index < -0.39 is 6.09 Å². The molecule has 3 nitrogen and oxygen atoms in total. The molecule has 0 spiro atoms. The third kappa shape index (κ3) is 15.9. The number of hydrogen-bond donors (Lipinski definition) is 1. The molecule has 0 aromatic carbocycles. The Morgan fingerprint density at radius 3 is 1.35 bits per heavy atom. The second-order valence-corrected chi connectivity index (χ2v) is 6.87. The maximum absolute atomic E-state index is 11.0. The quantitative estimate of drug-likeness (QED) is 0.296. The van der Waals surface area contributed by atoms with Gasteiger partial charge in [-0.1, -0.05) is 97.3 Å². The van der Waals surface area contributed by atoms with E-state index in [2.05, 4.69) is 6.92 Å². The van der Waals surface area contributed by atoms with Gasteiger partial charge in [0.25, 0.3) is 0 Å². The highest BCUT2D eigenvalue weighted by atomic mass is 16.4. The topological polar surface area (TPSA) is 40.5 Å². The van der Waals surface area contributed by atoms with Gasteiger partial charge in [-0.2, -0.15) is 0 Å². The molecule has 0 aliphatic carbocycles. The number of carboxylic acid groups (broad SMARTS) is 1. The molecule has 138 valence electrons. The van der Waals surface area contributed by atoms with E-state index in [9.17, 15) is 4.79 Å². The fraction of sp³-hybridized carbons (Fsp3) is 0.950. The van der Waals surface area contributed by atoms with Crippen LogP contribution in [0.1, 0.15) is 110 Å². The van der Waals surface area contributed by atoms with Crippen LogP contribution in [0.3, 0.4) is 0 Å². The summed E-state index contributed by atoms with van der Waals surface area (Å²) >= 11 is 0. The largest absolute Gasteiger partial charge is 0.465 e. The lowest BCUT2D eigenvalue weighted by molar-refractivity contribution is 0.144. The molecule has 0 rings (SSSR count). The number of amides is 1. The van der Waals surface area contributed by atoms with Crippen LogP contribution in [-0.4, -0.2) is 29.2 Å². The van der Waals surface area contributed by atoms with Crippen LogP contribution in [0.4, 0.5) is 4.79 Å². The minimum Gasteiger partial charge on any atom is -0.465 e. The molecular weight excluding hydrogens is 286 g/mol. The second kappa shape index (κ2) is 17.6. The number of carbonyl (C=O) groups is 1. The summed E-state index contributed by atoms with van der Waals surface area (Å²) in [7, 11) is 0. The first-order chi connectivity index (χ1) is 11.2. The Bertz CT molecular complexity index is 256. The van der Waals surface area contributed by atoms with Gasteiger partial charge in [-0.05, 0) is 12.8 Å². The molecule has 0 radical (unpaired) electrons. The maximum atomic E-state index is 11.0. The molecule has 23 heavy (non-hydrogen) atoms. The third-order valence-corrected chi connectivity index (χ3v) is 4.55. The van der Waals surface area contributed by atoms with Crippen LogP contribution in [0.25, 0.3) is 0 Å². The zero-order valence-corrected chi connectivity index (χ0v) is 15.8. The van der Waals surface area contributed by atoms with Gasteiger partial charge < -0.3 is 10.0 Å². The Balaban J connectivity index is 3.20. The van der Waals surface area contributed by atoms with Crippen LogP contribution in [0.15, 0.2) is 0 Å². The summed E-state index contributed by atoms with van der Waals surface area (Å²) in [6.07, 6.45) is 18.9. The molecule has 1 amide bonds. The molecule has 0 atom stereocenters. The smallest absolute Gasteiger partial charge is 0.407 e. The van der Waals surface area contributed by atoms with Crippen molar-refractivity contribution in [2.45, 2.75) is 110 Å². The SMILES string of the molecule is CCCCCCCCCCCCCCCCN(CCC)C(=O)O. The average Bonchev–Trinajstić information content (AvgIpc) is 2.54. The Labute approximate surface area is 144 Å². The van der Waals surface area contributed by atoms with Crippen LogP contribution >= 0.6 is 0 Å². The van der Waals surface area contributed by atoms with Crippen molar-refractivity contribution in [2.75, 3.05) is 13.1 Å². The normalized spacial score (nSPS) is 10.9. The summed E-state index contributed by atoms with van der Waals surface area (Å²) in [4.78, 5) is 12.5. The van der Waals surface area contributed by atoms with Crippen LogP contribution in [-0.2, 0) is 0 Å². The second-order valence-electron chi connectivity index (χ2n) is 6.87. The number of nitrogens with zero attached hydrogens (tertiary/aromatic N) is 1. The molecule has 3 heteroatoms. The summed E-state index contributed by atoms with van der Waals surface area (Å²) in [6, 6.07) is 0. The van der Waals surface area contributed by atoms with Crippen molar-refractivity contribution in [3.05, 3.63) is 0 Å². The standard InChI is InChI=1S/C20H41NO2/c1-3-5-6-7-8-9-10-11-12-13-14-15-16-17-19-21(18-4-2)20(22)23/h3-19H2,1-2H3,(H,22,23). The summed E-state index contributed by atoms with van der Waals surface area (Å²) in [5.74, 6) is 0. The summed E-state index contributed by atoms with van der Waals surface area (Å²) in [5.41, 5.74) is 0. The van der Waals surface area contributed by atoms with E-state index >= 15 is 0 Å². The van der Waals surface area contributed by atoms with Gasteiger partial charge in [0, 0.05) is 13.1 Å². The lowest BCUT2D eigenvalue weighted by atomic mass is 10.0. The van der Waals surface area contributed by atoms with E-state index in [0.29, 0.717) is 13.1 Å². The van der Waals surface area contributed by atoms with Crippen molar-refractivity contribution < 1.29 is 9.90 Å². The Kier molecular flexibility index (Phi) is 17.1. The maximum Gasteiger partial charge on any atom is 0.407 e. The van der Waals surface area contributed by atoms with Crippen molar-refractivity contribution in [3.63, 3.8) is 0 Å². The minimum absolute atomic E-state index is 0.674. The van der Waals surface area contributed by atoms with E-state index in [1.165, 1.54) is 83.5 Å². The first-order valence-electron chi connectivity index (χ1n) is 10.2. The van der Waals surface area contributed by atoms with Crippen molar-refractivity contribution >= 4 is 6.09 Å². The molecule has 0 aromatic rings. The first-order valence-corrected chi connectivity index (χ1v) is 10.2. The van der Waals surface area contributed by atoms with Gasteiger partial charge in [-0.3, -0.25) is 0 Å². The lowest BCUT2D eigenvalue weighted by Crippen LogP contribution is -2.31. The molecule has 0 heterocycles. The molecule has 0 aliphatic heterocycles. The van der Waals surface area contributed by atoms with Gasteiger partial charge >= 0.3 is 6.09 Å². The predicted octanol–water partition coefficient (Wildman–Crippen LogP) is 6.86. The fourth-order valence-corrected chi connectivity index (χ4v) is 3.07. The minimum atomic E-state index is -0.762. The van der Waals surface area contributed by atoms with Crippen LogP contribution in [0.2, 0.25) is 0 Å². The highest BCUT2D eigenvalue weighted by Gasteiger charge is 2.08. The highest BCUT2D eigenvalue weighted by Crippen LogP contribution is 2.13. The number of rotatable bonds is 17. The monoisotopic (exact) mass is 327 g/mol. The van der Waals surface area contributed by atoms with E-state index in [1.54, 1.807) is 4.90 Å². The zero-order valence-electron chi connectivity index (χ0n) is 15.8. The zero-order chi connectivity index (χ0) is 17.2. The van der Waals surface area contributed by atoms with E-state index in [1.807, 2.05) is 6.92 Å². The summed E-state index contributed by atoms with van der Waals surface area (Å²) < 4.78 is 0. The van der Waals surface area contributed by atoms with E-state index in [0.717, 1.165) is 12.8 Å². The Morgan fingerprint density at radius 1 is 0.609 bits per heavy atom. The first kappa shape index (κ1) is 22.3. The van der Waals surface area contributed by atoms with Gasteiger partial charge in [-0.25, -0.2) is 4.79 Å². The van der Waals surface area contributed by atoms with Crippen LogP contribution in [0, 0.1) is 0 Å². The molecule has 0 saturated carbocycles. The van der Waals surface area contributed by atoms with E-state index in [-0.39, 0.29) is 0 Å². The average molecular weight is 328 g/mol. The molecular formula is C20H41NO2. The fourth-order valence-electron chi connectivity index (χ4n) is 3.07. The molecule has 1 N–H and O–H groups in total. The molecule has 0 aliphatic rings. The predicted molar refractivity (Wildman–Crippen MR) is 100 cm³/mol. The van der Waals surface area contributed by atoms with Crippen LogP contribution < -0.4 is 0 Å². The van der Waals surface area contributed by atoms with Gasteiger partial charge in [0.05, 0.1) is 0 Å². The Hall–Kier alpha value is -0.730. The molecule has 0 unspecified atom stereocenters. The van der Waals surface area contributed by atoms with Crippen molar-refractivity contribution in [2.24, 2.45) is 0 Å². The lowest BCUT2D eigenvalue weighted by Gasteiger charge is -2.17. The third-order valence-electron chi connectivity index (χ3n) is 4.55. The van der Waals surface area contributed by atoms with Gasteiger partial charge in [0.2, 0.25) is 0 Å². The highest BCUT2D eigenvalue weighted by molar-refractivity contribution is 5.64. The van der Waals surface area contributed by atoms with Gasteiger partial charge in [-0.15, -0.1) is 0 Å². The van der Waals surface area contributed by atoms with Gasteiger partial charge in [0.15, 0.2) is 0 Å². The molecule has 0 fully saturated rings. The molecule has 0 saturated heterocycles. The van der Waals surface area contributed by atoms with Crippen molar-refractivity contribution in [1.29, 1.82) is 0 Å². The summed E-state index contributed by atoms with van der Waals surface area (Å²) in [5, 5.41) is 9.03. The van der Waals surface area contributed by atoms with Crippen LogP contribution in [0.5, 0.6) is 0 Å². The Morgan fingerprint density at radius 2 is 1.00 bits per heavy atom. The van der Waals surface area contributed by atoms with Crippen molar-refractivity contribution in [1.82, 2.24) is 4.90 Å². The number of unbranched alkanes of at least 4 members (excludes halogenated alkanes) is 13. The molecule has 0 aromatic heterocycles.